The molecule has 0 spiro atoms. The Bertz CT molecular complexity index is 572. The van der Waals surface area contributed by atoms with Crippen molar-refractivity contribution in [3.05, 3.63) is 12.4 Å². The second-order valence-corrected chi connectivity index (χ2v) is 14.6. The Morgan fingerprint density at radius 2 is 0.523 bits per heavy atom. The summed E-state index contributed by atoms with van der Waals surface area (Å²) >= 11 is 0. The Morgan fingerprint density at radius 3 is 0.795 bits per heavy atom. The van der Waals surface area contributed by atoms with Crippen LogP contribution in [0.5, 0.6) is 0 Å². The van der Waals surface area contributed by atoms with Gasteiger partial charge in [-0.15, -0.1) is 0 Å². The lowest BCUT2D eigenvalue weighted by molar-refractivity contribution is 0.135. The molecule has 0 fully saturated rings. The molecule has 2 heteroatoms. The van der Waals surface area contributed by atoms with Crippen LogP contribution in [0.4, 0.5) is 0 Å². The zero-order valence-corrected chi connectivity index (χ0v) is 31.1. The fourth-order valence-corrected chi connectivity index (χ4v) is 7.25. The third kappa shape index (κ3) is 25.5. The lowest BCUT2D eigenvalue weighted by Gasteiger charge is -2.33. The molecule has 2 nitrogen and oxygen atoms in total. The van der Waals surface area contributed by atoms with Crippen molar-refractivity contribution < 1.29 is 0 Å². The van der Waals surface area contributed by atoms with E-state index >= 15 is 0 Å². The molecule has 0 radical (unpaired) electrons. The van der Waals surface area contributed by atoms with E-state index in [4.69, 9.17) is 0 Å². The Hall–Kier alpha value is -0.660. The Labute approximate surface area is 280 Å². The lowest BCUT2D eigenvalue weighted by Crippen LogP contribution is -2.39. The van der Waals surface area contributed by atoms with Gasteiger partial charge < -0.3 is 9.80 Å². The zero-order chi connectivity index (χ0) is 31.6. The van der Waals surface area contributed by atoms with Crippen LogP contribution in [0.3, 0.4) is 0 Å². The molecular formula is C42H84N2. The van der Waals surface area contributed by atoms with E-state index in [0.29, 0.717) is 6.17 Å². The summed E-state index contributed by atoms with van der Waals surface area (Å²) in [5.41, 5.74) is 0. The van der Waals surface area contributed by atoms with Gasteiger partial charge in [0.1, 0.15) is 6.17 Å². The molecule has 0 saturated heterocycles. The minimum atomic E-state index is 0.639. The van der Waals surface area contributed by atoms with Gasteiger partial charge in [0, 0.05) is 25.5 Å². The molecule has 0 N–H and O–H groups in total. The van der Waals surface area contributed by atoms with Gasteiger partial charge >= 0.3 is 0 Å². The zero-order valence-electron chi connectivity index (χ0n) is 31.1. The third-order valence-corrected chi connectivity index (χ3v) is 10.3. The first-order valence-electron chi connectivity index (χ1n) is 21.0. The largest absolute Gasteiger partial charge is 0.356 e. The summed E-state index contributed by atoms with van der Waals surface area (Å²) in [5, 5.41) is 0. The van der Waals surface area contributed by atoms with Crippen LogP contribution >= 0.6 is 0 Å². The van der Waals surface area contributed by atoms with Gasteiger partial charge in [-0.25, -0.2) is 0 Å². The number of hydrogen-bond acceptors (Lipinski definition) is 2. The van der Waals surface area contributed by atoms with Crippen molar-refractivity contribution in [2.75, 3.05) is 13.1 Å². The highest BCUT2D eigenvalue weighted by molar-refractivity contribution is 4.97. The standard InChI is InChI=1S/C42H84N2/c1-4-7-10-13-15-17-19-20-21-22-23-24-25-27-29-31-34-37-42-43(38-35-32-12-9-6-3)40-41-44(42)39-36-33-30-28-26-18-16-14-11-8-5-2/h40-42H,4-39H2,1-3H3. The van der Waals surface area contributed by atoms with Crippen LogP contribution in [-0.2, 0) is 0 Å². The highest BCUT2D eigenvalue weighted by Gasteiger charge is 2.24. The monoisotopic (exact) mass is 617 g/mol. The molecule has 262 valence electrons. The molecule has 0 bridgehead atoms. The molecule has 1 rings (SSSR count). The number of nitrogens with zero attached hydrogens (tertiary/aromatic N) is 2. The van der Waals surface area contributed by atoms with Crippen LogP contribution in [0, 0.1) is 0 Å². The molecule has 1 aliphatic rings. The summed E-state index contributed by atoms with van der Waals surface area (Å²) in [4.78, 5) is 5.42. The van der Waals surface area contributed by atoms with Gasteiger partial charge in [0.2, 0.25) is 0 Å². The van der Waals surface area contributed by atoms with E-state index in [0.717, 1.165) is 0 Å². The number of rotatable bonds is 36. The van der Waals surface area contributed by atoms with Crippen LogP contribution in [0.1, 0.15) is 239 Å². The SMILES string of the molecule is CCCCCCCCCCCCCCCCCCCC1N(CCCCCCC)C=CN1CCCCCCCCCCCCC. The van der Waals surface area contributed by atoms with Gasteiger partial charge in [-0.3, -0.25) is 0 Å². The van der Waals surface area contributed by atoms with Gasteiger partial charge in [0.25, 0.3) is 0 Å². The highest BCUT2D eigenvalue weighted by Crippen LogP contribution is 2.24. The predicted molar refractivity (Wildman–Crippen MR) is 200 cm³/mol. The van der Waals surface area contributed by atoms with Crippen molar-refractivity contribution in [1.29, 1.82) is 0 Å². The van der Waals surface area contributed by atoms with Crippen molar-refractivity contribution in [2.45, 2.75) is 245 Å². The van der Waals surface area contributed by atoms with E-state index in [9.17, 15) is 0 Å². The molecule has 0 aliphatic carbocycles. The molecule has 1 heterocycles. The lowest BCUT2D eigenvalue weighted by atomic mass is 10.0. The molecule has 0 aromatic rings. The second kappa shape index (κ2) is 33.7. The van der Waals surface area contributed by atoms with Crippen molar-refractivity contribution >= 4 is 0 Å². The topological polar surface area (TPSA) is 6.48 Å². The minimum absolute atomic E-state index is 0.639. The Morgan fingerprint density at radius 1 is 0.295 bits per heavy atom. The summed E-state index contributed by atoms with van der Waals surface area (Å²) in [7, 11) is 0. The fourth-order valence-electron chi connectivity index (χ4n) is 7.25. The summed E-state index contributed by atoms with van der Waals surface area (Å²) < 4.78 is 0. The van der Waals surface area contributed by atoms with E-state index in [-0.39, 0.29) is 0 Å². The van der Waals surface area contributed by atoms with Gasteiger partial charge in [-0.2, -0.15) is 0 Å². The summed E-state index contributed by atoms with van der Waals surface area (Å²) in [6.07, 6.45) is 54.4. The number of hydrogen-bond donors (Lipinski definition) is 0. The maximum Gasteiger partial charge on any atom is 0.101 e. The van der Waals surface area contributed by atoms with Crippen LogP contribution < -0.4 is 0 Å². The molecule has 0 saturated carbocycles. The normalized spacial score (nSPS) is 14.8. The van der Waals surface area contributed by atoms with Crippen LogP contribution in [0.25, 0.3) is 0 Å². The molecule has 44 heavy (non-hydrogen) atoms. The average molecular weight is 617 g/mol. The van der Waals surface area contributed by atoms with E-state index in [2.05, 4.69) is 43.0 Å². The molecule has 1 aliphatic heterocycles. The average Bonchev–Trinajstić information content (AvgIpc) is 3.42. The smallest absolute Gasteiger partial charge is 0.101 e. The maximum absolute atomic E-state index is 2.71. The van der Waals surface area contributed by atoms with Crippen molar-refractivity contribution in [1.82, 2.24) is 9.80 Å². The predicted octanol–water partition coefficient (Wildman–Crippen LogP) is 14.7. The number of unbranched alkanes of at least 4 members (excludes halogenated alkanes) is 30. The first-order valence-corrected chi connectivity index (χ1v) is 21.0. The van der Waals surface area contributed by atoms with E-state index in [1.165, 1.54) is 231 Å². The van der Waals surface area contributed by atoms with E-state index < -0.39 is 0 Å². The second-order valence-electron chi connectivity index (χ2n) is 14.6. The van der Waals surface area contributed by atoms with Crippen molar-refractivity contribution in [2.24, 2.45) is 0 Å². The van der Waals surface area contributed by atoms with Crippen molar-refractivity contribution in [3.63, 3.8) is 0 Å². The van der Waals surface area contributed by atoms with Crippen molar-refractivity contribution in [3.8, 4) is 0 Å². The highest BCUT2D eigenvalue weighted by atomic mass is 15.4. The van der Waals surface area contributed by atoms with Crippen LogP contribution in [0.15, 0.2) is 12.4 Å². The van der Waals surface area contributed by atoms with Gasteiger partial charge in [0.05, 0.1) is 0 Å². The Balaban J connectivity index is 2.11. The van der Waals surface area contributed by atoms with Gasteiger partial charge in [-0.1, -0.05) is 213 Å². The molecular weight excluding hydrogens is 532 g/mol. The maximum atomic E-state index is 2.71. The molecule has 1 unspecified atom stereocenters. The van der Waals surface area contributed by atoms with Gasteiger partial charge in [0.15, 0.2) is 0 Å². The van der Waals surface area contributed by atoms with Crippen LogP contribution in [0.2, 0.25) is 0 Å². The molecule has 0 amide bonds. The van der Waals surface area contributed by atoms with E-state index in [1.807, 2.05) is 0 Å². The molecule has 0 aromatic heterocycles. The third-order valence-electron chi connectivity index (χ3n) is 10.3. The summed E-state index contributed by atoms with van der Waals surface area (Å²) in [5.74, 6) is 0. The van der Waals surface area contributed by atoms with Gasteiger partial charge in [-0.05, 0) is 25.7 Å². The molecule has 0 aromatic carbocycles. The minimum Gasteiger partial charge on any atom is -0.356 e. The summed E-state index contributed by atoms with van der Waals surface area (Å²) in [6, 6.07) is 0. The van der Waals surface area contributed by atoms with Crippen LogP contribution in [-0.4, -0.2) is 29.1 Å². The first-order chi connectivity index (χ1) is 21.8. The fraction of sp³-hybridized carbons (Fsp3) is 0.952. The molecule has 1 atom stereocenters. The quantitative estimate of drug-likeness (QED) is 0.0646. The van der Waals surface area contributed by atoms with E-state index in [1.54, 1.807) is 0 Å². The summed E-state index contributed by atoms with van der Waals surface area (Å²) in [6.45, 7) is 9.48. The first kappa shape index (κ1) is 41.4. The Kier molecular flexibility index (Phi) is 31.7.